The van der Waals surface area contributed by atoms with Crippen LogP contribution < -0.4 is 5.73 Å². The molecule has 3 heterocycles. The van der Waals surface area contributed by atoms with E-state index in [9.17, 15) is 0 Å². The van der Waals surface area contributed by atoms with Crippen LogP contribution in [-0.4, -0.2) is 33.0 Å². The highest BCUT2D eigenvalue weighted by atomic mass is 16.6. The lowest BCUT2D eigenvalue weighted by Gasteiger charge is -2.30. The first-order valence-corrected chi connectivity index (χ1v) is 6.05. The van der Waals surface area contributed by atoms with Gasteiger partial charge in [-0.2, -0.15) is 0 Å². The van der Waals surface area contributed by atoms with E-state index in [0.717, 1.165) is 6.42 Å². The topological polar surface area (TPSA) is 53.7 Å². The van der Waals surface area contributed by atoms with Crippen molar-refractivity contribution in [2.75, 3.05) is 19.8 Å². The minimum Gasteiger partial charge on any atom is -0.497 e. The van der Waals surface area contributed by atoms with Crippen LogP contribution in [0.2, 0.25) is 0 Å². The van der Waals surface area contributed by atoms with Gasteiger partial charge in [-0.3, -0.25) is 0 Å². The lowest BCUT2D eigenvalue weighted by molar-refractivity contribution is 0.173. The van der Waals surface area contributed by atoms with Crippen LogP contribution in [0, 0.1) is 0 Å². The third-order valence-electron chi connectivity index (χ3n) is 3.52. The van der Waals surface area contributed by atoms with Crippen LogP contribution >= 0.6 is 0 Å². The van der Waals surface area contributed by atoms with Gasteiger partial charge in [0.1, 0.15) is 6.61 Å². The molecule has 5 heteroatoms. The standard InChI is InChI=1S/C12H16BNO3/c1-2-9-10-3-4-15-6-8-7-16-13(12(8)10)17-11(9)5-14/h3-4,11H,2,5-7,14H2,1H3/t11-/m1/s1. The van der Waals surface area contributed by atoms with E-state index in [0.29, 0.717) is 19.8 Å². The van der Waals surface area contributed by atoms with Crippen molar-refractivity contribution in [2.24, 2.45) is 5.73 Å². The van der Waals surface area contributed by atoms with E-state index < -0.39 is 0 Å². The van der Waals surface area contributed by atoms with Gasteiger partial charge in [0, 0.05) is 6.54 Å². The molecule has 0 bridgehead atoms. The summed E-state index contributed by atoms with van der Waals surface area (Å²) in [6.07, 6.45) is 4.68. The molecule has 0 aromatic carbocycles. The molecule has 0 spiro atoms. The van der Waals surface area contributed by atoms with Gasteiger partial charge in [-0.15, -0.1) is 0 Å². The molecule has 0 aliphatic carbocycles. The maximum atomic E-state index is 5.90. The Labute approximate surface area is 101 Å². The maximum Gasteiger partial charge on any atom is 0.495 e. The molecule has 0 saturated heterocycles. The number of hydrogen-bond acceptors (Lipinski definition) is 4. The Bertz CT molecular complexity index is 427. The second-order valence-electron chi connectivity index (χ2n) is 4.43. The van der Waals surface area contributed by atoms with Crippen LogP contribution in [0.4, 0.5) is 0 Å². The van der Waals surface area contributed by atoms with E-state index in [4.69, 9.17) is 19.8 Å². The number of nitrogens with two attached hydrogens (primary N) is 1. The molecule has 0 aromatic rings. The van der Waals surface area contributed by atoms with E-state index in [1.54, 1.807) is 6.26 Å². The van der Waals surface area contributed by atoms with Crippen molar-refractivity contribution in [2.45, 2.75) is 19.4 Å². The van der Waals surface area contributed by atoms with E-state index in [1.165, 1.54) is 22.2 Å². The zero-order chi connectivity index (χ0) is 11.8. The molecule has 3 aliphatic rings. The van der Waals surface area contributed by atoms with E-state index in [2.05, 4.69) is 6.92 Å². The first kappa shape index (κ1) is 11.1. The molecule has 2 N–H and O–H groups in total. The van der Waals surface area contributed by atoms with E-state index in [-0.39, 0.29) is 13.2 Å². The molecule has 3 aliphatic heterocycles. The second-order valence-corrected chi connectivity index (χ2v) is 4.43. The maximum absolute atomic E-state index is 5.90. The predicted octanol–water partition coefficient (Wildman–Crippen LogP) is 0.949. The number of ether oxygens (including phenoxy) is 1. The zero-order valence-corrected chi connectivity index (χ0v) is 9.94. The highest BCUT2D eigenvalue weighted by Gasteiger charge is 2.42. The fraction of sp³-hybridized carbons (Fsp3) is 0.500. The molecule has 0 fully saturated rings. The molecule has 4 nitrogen and oxygen atoms in total. The molecular formula is C12H16BNO3. The Kier molecular flexibility index (Phi) is 2.82. The van der Waals surface area contributed by atoms with Crippen molar-refractivity contribution < 1.29 is 14.0 Å². The summed E-state index contributed by atoms with van der Waals surface area (Å²) in [5.41, 5.74) is 10.6. The van der Waals surface area contributed by atoms with Crippen molar-refractivity contribution in [3.05, 3.63) is 34.5 Å². The summed E-state index contributed by atoms with van der Waals surface area (Å²) in [5.74, 6) is 0. The summed E-state index contributed by atoms with van der Waals surface area (Å²) in [5, 5.41) is 0. The lowest BCUT2D eigenvalue weighted by Crippen LogP contribution is -2.39. The molecule has 0 radical (unpaired) electrons. The van der Waals surface area contributed by atoms with Gasteiger partial charge in [0.2, 0.25) is 0 Å². The Balaban J connectivity index is 2.14. The van der Waals surface area contributed by atoms with Gasteiger partial charge in [-0.25, -0.2) is 0 Å². The van der Waals surface area contributed by atoms with Gasteiger partial charge in [0.25, 0.3) is 0 Å². The van der Waals surface area contributed by atoms with Crippen LogP contribution in [0.1, 0.15) is 13.3 Å². The Morgan fingerprint density at radius 1 is 1.47 bits per heavy atom. The van der Waals surface area contributed by atoms with Crippen LogP contribution in [-0.2, 0) is 14.0 Å². The minimum absolute atomic E-state index is 0.0363. The second kappa shape index (κ2) is 4.33. The van der Waals surface area contributed by atoms with Crippen molar-refractivity contribution >= 4 is 7.12 Å². The summed E-state index contributed by atoms with van der Waals surface area (Å²) in [4.78, 5) is 0. The zero-order valence-electron chi connectivity index (χ0n) is 9.94. The quantitative estimate of drug-likeness (QED) is 0.721. The number of allylic oxidation sites excluding steroid dienone is 3. The molecule has 0 saturated carbocycles. The van der Waals surface area contributed by atoms with Gasteiger partial charge in [-0.05, 0) is 34.7 Å². The van der Waals surface area contributed by atoms with E-state index >= 15 is 0 Å². The van der Waals surface area contributed by atoms with Gasteiger partial charge in [0.05, 0.1) is 19.0 Å². The molecule has 17 heavy (non-hydrogen) atoms. The summed E-state index contributed by atoms with van der Waals surface area (Å²) in [6.45, 7) is 3.81. The summed E-state index contributed by atoms with van der Waals surface area (Å²) < 4.78 is 17.0. The van der Waals surface area contributed by atoms with Crippen LogP contribution in [0.5, 0.6) is 0 Å². The number of hydrogen-bond donors (Lipinski definition) is 1. The smallest absolute Gasteiger partial charge is 0.495 e. The van der Waals surface area contributed by atoms with Gasteiger partial charge < -0.3 is 19.8 Å². The third kappa shape index (κ3) is 1.66. The molecule has 90 valence electrons. The van der Waals surface area contributed by atoms with Crippen molar-refractivity contribution in [3.8, 4) is 0 Å². The third-order valence-corrected chi connectivity index (χ3v) is 3.52. The highest BCUT2D eigenvalue weighted by Crippen LogP contribution is 2.37. The van der Waals surface area contributed by atoms with Crippen LogP contribution in [0.3, 0.4) is 0 Å². The monoisotopic (exact) mass is 233 g/mol. The van der Waals surface area contributed by atoms with Crippen LogP contribution in [0.25, 0.3) is 0 Å². The fourth-order valence-electron chi connectivity index (χ4n) is 2.70. The van der Waals surface area contributed by atoms with Crippen molar-refractivity contribution in [1.82, 2.24) is 0 Å². The summed E-state index contributed by atoms with van der Waals surface area (Å²) in [6, 6.07) is 0. The van der Waals surface area contributed by atoms with Crippen molar-refractivity contribution in [1.29, 1.82) is 0 Å². The summed E-state index contributed by atoms with van der Waals surface area (Å²) in [7, 11) is -0.254. The average Bonchev–Trinajstić information content (AvgIpc) is 2.63. The normalized spacial score (nSPS) is 27.2. The molecular weight excluding hydrogens is 217 g/mol. The van der Waals surface area contributed by atoms with Gasteiger partial charge >= 0.3 is 7.12 Å². The molecule has 3 rings (SSSR count). The predicted molar refractivity (Wildman–Crippen MR) is 65.1 cm³/mol. The first-order valence-electron chi connectivity index (χ1n) is 6.05. The minimum atomic E-state index is -0.254. The molecule has 0 unspecified atom stereocenters. The first-order chi connectivity index (χ1) is 8.35. The van der Waals surface area contributed by atoms with Gasteiger partial charge in [0.15, 0.2) is 0 Å². The lowest BCUT2D eigenvalue weighted by atomic mass is 9.68. The molecule has 0 amide bonds. The van der Waals surface area contributed by atoms with Gasteiger partial charge in [-0.1, -0.05) is 6.92 Å². The fourth-order valence-corrected chi connectivity index (χ4v) is 2.70. The summed E-state index contributed by atoms with van der Waals surface area (Å²) >= 11 is 0. The molecule has 1 atom stereocenters. The number of rotatable bonds is 2. The Morgan fingerprint density at radius 3 is 3.12 bits per heavy atom. The largest absolute Gasteiger partial charge is 0.497 e. The highest BCUT2D eigenvalue weighted by molar-refractivity contribution is 6.57. The van der Waals surface area contributed by atoms with E-state index in [1.807, 2.05) is 6.08 Å². The van der Waals surface area contributed by atoms with Crippen molar-refractivity contribution in [3.63, 3.8) is 0 Å². The SMILES string of the molecule is CCC1=C2C=COCC3=C2B(OC3)O[C@@H]1CN. The molecule has 0 aromatic heterocycles. The average molecular weight is 233 g/mol. The Morgan fingerprint density at radius 2 is 2.35 bits per heavy atom. The van der Waals surface area contributed by atoms with Crippen LogP contribution in [0.15, 0.2) is 34.5 Å². The Hall–Kier alpha value is -1.04.